The summed E-state index contributed by atoms with van der Waals surface area (Å²) in [5, 5.41) is 0. The number of amides is 2. The molecule has 8 heteroatoms. The number of nitrogens with zero attached hydrogens (tertiary/aromatic N) is 2. The quantitative estimate of drug-likeness (QED) is 0.503. The molecule has 0 aromatic carbocycles. The van der Waals surface area contributed by atoms with E-state index < -0.39 is 17.2 Å². The van der Waals surface area contributed by atoms with Crippen LogP contribution in [0.15, 0.2) is 25.0 Å². The van der Waals surface area contributed by atoms with E-state index in [0.717, 1.165) is 11.4 Å². The average molecular weight is 318 g/mol. The minimum absolute atomic E-state index is 0.129. The Morgan fingerprint density at radius 2 is 1.48 bits per heavy atom. The van der Waals surface area contributed by atoms with Crippen molar-refractivity contribution in [2.75, 3.05) is 0 Å². The van der Waals surface area contributed by atoms with Gasteiger partial charge in [-0.05, 0) is 32.1 Å². The Kier molecular flexibility index (Phi) is 5.51. The number of aromatic nitrogens is 4. The second-order valence-corrected chi connectivity index (χ2v) is 5.73. The monoisotopic (exact) mass is 318 g/mol. The van der Waals surface area contributed by atoms with Crippen molar-refractivity contribution in [3.8, 4) is 0 Å². The van der Waals surface area contributed by atoms with Crippen LogP contribution >= 0.6 is 0 Å². The van der Waals surface area contributed by atoms with Gasteiger partial charge in [0.15, 0.2) is 0 Å². The fourth-order valence-electron chi connectivity index (χ4n) is 2.70. The number of primary amides is 2. The van der Waals surface area contributed by atoms with E-state index in [1.807, 2.05) is 0 Å². The highest BCUT2D eigenvalue weighted by Crippen LogP contribution is 2.34. The number of hydrogen-bond acceptors (Lipinski definition) is 4. The van der Waals surface area contributed by atoms with Crippen molar-refractivity contribution in [1.29, 1.82) is 0 Å². The van der Waals surface area contributed by atoms with Gasteiger partial charge in [0.1, 0.15) is 0 Å². The highest BCUT2D eigenvalue weighted by Gasteiger charge is 2.36. The number of nitrogens with two attached hydrogens (primary N) is 2. The maximum Gasteiger partial charge on any atom is 0.223 e. The molecule has 2 aromatic heterocycles. The van der Waals surface area contributed by atoms with Crippen LogP contribution in [0.4, 0.5) is 0 Å². The summed E-state index contributed by atoms with van der Waals surface area (Å²) in [6.07, 6.45) is 9.47. The van der Waals surface area contributed by atoms with Gasteiger partial charge < -0.3 is 21.4 Å². The molecule has 23 heavy (non-hydrogen) atoms. The maximum atomic E-state index is 12.2. The molecule has 8 nitrogen and oxygen atoms in total. The van der Waals surface area contributed by atoms with E-state index in [4.69, 9.17) is 11.5 Å². The first-order chi connectivity index (χ1) is 11.0. The lowest BCUT2D eigenvalue weighted by atomic mass is 9.74. The lowest BCUT2D eigenvalue weighted by Crippen LogP contribution is -2.39. The third-order valence-corrected chi connectivity index (χ3v) is 4.20. The first kappa shape index (κ1) is 16.7. The molecule has 0 bridgehead atoms. The molecule has 0 aliphatic carbocycles. The number of aromatic amines is 2. The molecule has 124 valence electrons. The van der Waals surface area contributed by atoms with E-state index in [0.29, 0.717) is 32.1 Å². The molecular formula is C15H22N6O2. The van der Waals surface area contributed by atoms with Gasteiger partial charge >= 0.3 is 0 Å². The topological polar surface area (TPSA) is 144 Å². The standard InChI is InChI=1S/C15H22N6O2/c16-13(22)3-6-15(14(17)23,4-1-11-7-18-9-20-11)5-2-12-8-19-10-21-12/h7-10H,1-6H2,(H2,16,22)(H2,17,23)(H,18,20)(H,19,21). The lowest BCUT2D eigenvalue weighted by Gasteiger charge is -2.30. The van der Waals surface area contributed by atoms with Gasteiger partial charge in [0.2, 0.25) is 11.8 Å². The maximum absolute atomic E-state index is 12.2. The normalized spacial score (nSPS) is 11.5. The van der Waals surface area contributed by atoms with Crippen molar-refractivity contribution in [1.82, 2.24) is 19.9 Å². The van der Waals surface area contributed by atoms with Crippen molar-refractivity contribution >= 4 is 11.8 Å². The molecular weight excluding hydrogens is 296 g/mol. The number of H-pyrrole nitrogens is 2. The second kappa shape index (κ2) is 7.57. The number of rotatable bonds is 10. The Balaban J connectivity index is 2.10. The Morgan fingerprint density at radius 1 is 0.957 bits per heavy atom. The molecule has 0 aliphatic heterocycles. The number of aryl methyl sites for hydroxylation is 2. The molecule has 0 spiro atoms. The third kappa shape index (κ3) is 4.67. The van der Waals surface area contributed by atoms with Crippen molar-refractivity contribution in [3.05, 3.63) is 36.4 Å². The zero-order valence-corrected chi connectivity index (χ0v) is 12.9. The van der Waals surface area contributed by atoms with Crippen LogP contribution in [-0.2, 0) is 22.4 Å². The SMILES string of the molecule is NC(=O)CCC(CCc1c[nH]cn1)(CCc1c[nH]cn1)C(N)=O. The molecule has 0 saturated carbocycles. The van der Waals surface area contributed by atoms with E-state index in [1.54, 1.807) is 25.0 Å². The van der Waals surface area contributed by atoms with Crippen LogP contribution in [0.2, 0.25) is 0 Å². The smallest absolute Gasteiger partial charge is 0.223 e. The van der Waals surface area contributed by atoms with Gasteiger partial charge in [0.25, 0.3) is 0 Å². The van der Waals surface area contributed by atoms with Gasteiger partial charge in [-0.1, -0.05) is 0 Å². The summed E-state index contributed by atoms with van der Waals surface area (Å²) in [4.78, 5) is 37.4. The van der Waals surface area contributed by atoms with Crippen LogP contribution in [0, 0.1) is 5.41 Å². The zero-order valence-electron chi connectivity index (χ0n) is 12.9. The highest BCUT2D eigenvalue weighted by molar-refractivity contribution is 5.82. The van der Waals surface area contributed by atoms with E-state index in [-0.39, 0.29) is 6.42 Å². The first-order valence-electron chi connectivity index (χ1n) is 7.55. The molecule has 2 rings (SSSR count). The number of imidazole rings is 2. The van der Waals surface area contributed by atoms with Crippen molar-refractivity contribution in [2.24, 2.45) is 16.9 Å². The van der Waals surface area contributed by atoms with Crippen LogP contribution in [0.25, 0.3) is 0 Å². The summed E-state index contributed by atoms with van der Waals surface area (Å²) >= 11 is 0. The van der Waals surface area contributed by atoms with E-state index >= 15 is 0 Å². The van der Waals surface area contributed by atoms with E-state index in [2.05, 4.69) is 19.9 Å². The summed E-state index contributed by atoms with van der Waals surface area (Å²) in [6, 6.07) is 0. The van der Waals surface area contributed by atoms with Gasteiger partial charge in [-0.15, -0.1) is 0 Å². The molecule has 6 N–H and O–H groups in total. The molecule has 2 amide bonds. The van der Waals surface area contributed by atoms with E-state index in [1.165, 1.54) is 0 Å². The highest BCUT2D eigenvalue weighted by atomic mass is 16.1. The fourth-order valence-corrected chi connectivity index (χ4v) is 2.70. The minimum Gasteiger partial charge on any atom is -0.370 e. The number of carbonyl (C=O) groups excluding carboxylic acids is 2. The van der Waals surface area contributed by atoms with Gasteiger partial charge in [0, 0.05) is 18.8 Å². The Hall–Kier alpha value is -2.64. The molecule has 0 fully saturated rings. The largest absolute Gasteiger partial charge is 0.370 e. The average Bonchev–Trinajstić information content (AvgIpc) is 3.19. The summed E-state index contributed by atoms with van der Waals surface area (Å²) in [5.41, 5.74) is 11.9. The van der Waals surface area contributed by atoms with Crippen LogP contribution in [0.3, 0.4) is 0 Å². The Labute approximate surface area is 134 Å². The summed E-state index contributed by atoms with van der Waals surface area (Å²) in [6.45, 7) is 0. The van der Waals surface area contributed by atoms with Gasteiger partial charge in [-0.3, -0.25) is 9.59 Å². The second-order valence-electron chi connectivity index (χ2n) is 5.73. The summed E-state index contributed by atoms with van der Waals surface area (Å²) in [7, 11) is 0. The number of carbonyl (C=O) groups is 2. The van der Waals surface area contributed by atoms with Crippen molar-refractivity contribution in [3.63, 3.8) is 0 Å². The molecule has 0 saturated heterocycles. The van der Waals surface area contributed by atoms with Crippen molar-refractivity contribution in [2.45, 2.75) is 38.5 Å². The predicted octanol–water partition coefficient (Wildman–Crippen LogP) is 0.435. The third-order valence-electron chi connectivity index (χ3n) is 4.20. The molecule has 2 heterocycles. The Bertz CT molecular complexity index is 582. The zero-order chi connectivity index (χ0) is 16.7. The summed E-state index contributed by atoms with van der Waals surface area (Å²) in [5.74, 6) is -0.847. The minimum atomic E-state index is -0.799. The molecule has 0 atom stereocenters. The molecule has 2 aromatic rings. The van der Waals surface area contributed by atoms with Crippen LogP contribution in [-0.4, -0.2) is 31.8 Å². The van der Waals surface area contributed by atoms with Crippen LogP contribution in [0.1, 0.15) is 37.1 Å². The molecule has 0 aliphatic rings. The number of nitrogens with one attached hydrogen (secondary N) is 2. The van der Waals surface area contributed by atoms with Crippen molar-refractivity contribution < 1.29 is 9.59 Å². The lowest BCUT2D eigenvalue weighted by molar-refractivity contribution is -0.129. The van der Waals surface area contributed by atoms with Gasteiger partial charge in [-0.25, -0.2) is 9.97 Å². The Morgan fingerprint density at radius 3 is 1.83 bits per heavy atom. The molecule has 0 unspecified atom stereocenters. The van der Waals surface area contributed by atoms with Crippen LogP contribution < -0.4 is 11.5 Å². The van der Waals surface area contributed by atoms with Gasteiger partial charge in [-0.2, -0.15) is 0 Å². The predicted molar refractivity (Wildman–Crippen MR) is 83.9 cm³/mol. The number of hydrogen-bond donors (Lipinski definition) is 4. The van der Waals surface area contributed by atoms with E-state index in [9.17, 15) is 9.59 Å². The fraction of sp³-hybridized carbons (Fsp3) is 0.467. The summed E-state index contributed by atoms with van der Waals surface area (Å²) < 4.78 is 0. The van der Waals surface area contributed by atoms with Gasteiger partial charge in [0.05, 0.1) is 29.5 Å². The molecule has 0 radical (unpaired) electrons. The first-order valence-corrected chi connectivity index (χ1v) is 7.55. The van der Waals surface area contributed by atoms with Crippen LogP contribution in [0.5, 0.6) is 0 Å².